The molecule has 0 saturated heterocycles. The number of aromatic nitrogens is 2. The van der Waals surface area contributed by atoms with Crippen LogP contribution in [0.25, 0.3) is 0 Å². The van der Waals surface area contributed by atoms with Crippen molar-refractivity contribution in [2.75, 3.05) is 0 Å². The highest BCUT2D eigenvalue weighted by Gasteiger charge is 2.22. The van der Waals surface area contributed by atoms with E-state index >= 15 is 0 Å². The average molecular weight is 193 g/mol. The van der Waals surface area contributed by atoms with Crippen molar-refractivity contribution in [3.63, 3.8) is 0 Å². The number of hydrogen-bond acceptors (Lipinski definition) is 2. The topological polar surface area (TPSA) is 43.8 Å². The summed E-state index contributed by atoms with van der Waals surface area (Å²) in [6, 6.07) is 3.05. The smallest absolute Gasteiger partial charge is 0.0596 e. The van der Waals surface area contributed by atoms with E-state index in [0.717, 1.165) is 12.1 Å². The normalized spacial score (nSPS) is 27.9. The van der Waals surface area contributed by atoms with E-state index in [1.54, 1.807) is 0 Å². The van der Waals surface area contributed by atoms with E-state index in [2.05, 4.69) is 22.8 Å². The van der Waals surface area contributed by atoms with Gasteiger partial charge >= 0.3 is 0 Å². The lowest BCUT2D eigenvalue weighted by atomic mass is 9.92. The van der Waals surface area contributed by atoms with E-state index in [1.165, 1.54) is 25.0 Å². The molecular formula is C11H19N3. The summed E-state index contributed by atoms with van der Waals surface area (Å²) in [6.07, 6.45) is 4.73. The number of nitrogens with zero attached hydrogens (tertiary/aromatic N) is 2. The molecular weight excluding hydrogens is 174 g/mol. The molecule has 0 aromatic carbocycles. The first-order valence-electron chi connectivity index (χ1n) is 5.45. The third kappa shape index (κ3) is 1.82. The summed E-state index contributed by atoms with van der Waals surface area (Å²) in [5.41, 5.74) is 8.36. The van der Waals surface area contributed by atoms with Crippen LogP contribution < -0.4 is 5.73 Å². The van der Waals surface area contributed by atoms with E-state index in [4.69, 9.17) is 5.73 Å². The van der Waals surface area contributed by atoms with Gasteiger partial charge in [-0.2, -0.15) is 5.10 Å². The Bertz CT molecular complexity index is 316. The van der Waals surface area contributed by atoms with Crippen molar-refractivity contribution >= 4 is 0 Å². The summed E-state index contributed by atoms with van der Waals surface area (Å²) in [5.74, 6) is 0. The Labute approximate surface area is 85.3 Å². The zero-order chi connectivity index (χ0) is 10.1. The third-order valence-electron chi connectivity index (χ3n) is 3.08. The molecule has 1 aliphatic carbocycles. The van der Waals surface area contributed by atoms with Gasteiger partial charge in [0.25, 0.3) is 0 Å². The Morgan fingerprint density at radius 2 is 2.21 bits per heavy atom. The molecule has 0 radical (unpaired) electrons. The average Bonchev–Trinajstić information content (AvgIpc) is 2.45. The summed E-state index contributed by atoms with van der Waals surface area (Å²) in [5, 5.41) is 4.53. The third-order valence-corrected chi connectivity index (χ3v) is 3.08. The fraction of sp³-hybridized carbons (Fsp3) is 0.727. The van der Waals surface area contributed by atoms with Crippen LogP contribution in [-0.4, -0.2) is 15.8 Å². The van der Waals surface area contributed by atoms with Crippen molar-refractivity contribution in [3.8, 4) is 0 Å². The molecule has 2 rings (SSSR count). The van der Waals surface area contributed by atoms with Crippen LogP contribution in [0.3, 0.4) is 0 Å². The largest absolute Gasteiger partial charge is 0.328 e. The highest BCUT2D eigenvalue weighted by molar-refractivity contribution is 5.08. The van der Waals surface area contributed by atoms with E-state index in [1.807, 2.05) is 6.92 Å². The van der Waals surface area contributed by atoms with Gasteiger partial charge in [-0.05, 0) is 45.6 Å². The second-order valence-corrected chi connectivity index (χ2v) is 4.45. The Balaban J connectivity index is 2.17. The highest BCUT2D eigenvalue weighted by Crippen LogP contribution is 2.28. The van der Waals surface area contributed by atoms with E-state index in [-0.39, 0.29) is 0 Å². The molecule has 14 heavy (non-hydrogen) atoms. The standard InChI is InChI=1S/C11H19N3/c1-8-6-9(2)14(13-8)11-5-3-4-10(12)7-11/h6,10-11H,3-5,7,12H2,1-2H3. The lowest BCUT2D eigenvalue weighted by molar-refractivity contribution is 0.296. The van der Waals surface area contributed by atoms with Gasteiger partial charge in [0.2, 0.25) is 0 Å². The van der Waals surface area contributed by atoms with E-state index < -0.39 is 0 Å². The van der Waals surface area contributed by atoms with Crippen LogP contribution in [0.4, 0.5) is 0 Å². The maximum Gasteiger partial charge on any atom is 0.0596 e. The predicted molar refractivity (Wildman–Crippen MR) is 57.2 cm³/mol. The molecule has 3 heteroatoms. The van der Waals surface area contributed by atoms with Gasteiger partial charge in [0.1, 0.15) is 0 Å². The van der Waals surface area contributed by atoms with Crippen LogP contribution in [-0.2, 0) is 0 Å². The quantitative estimate of drug-likeness (QED) is 0.740. The van der Waals surface area contributed by atoms with Crippen LogP contribution in [0.2, 0.25) is 0 Å². The Hall–Kier alpha value is -0.830. The van der Waals surface area contributed by atoms with Crippen LogP contribution in [0.15, 0.2) is 6.07 Å². The van der Waals surface area contributed by atoms with Crippen LogP contribution in [0.1, 0.15) is 43.1 Å². The minimum Gasteiger partial charge on any atom is -0.328 e. The molecule has 2 unspecified atom stereocenters. The van der Waals surface area contributed by atoms with Crippen molar-refractivity contribution in [2.45, 2.75) is 51.6 Å². The van der Waals surface area contributed by atoms with Gasteiger partial charge in [0, 0.05) is 11.7 Å². The molecule has 0 amide bonds. The van der Waals surface area contributed by atoms with E-state index in [9.17, 15) is 0 Å². The number of nitrogens with two attached hydrogens (primary N) is 1. The molecule has 1 aromatic heterocycles. The van der Waals surface area contributed by atoms with Crippen LogP contribution >= 0.6 is 0 Å². The predicted octanol–water partition coefficient (Wildman–Crippen LogP) is 1.94. The van der Waals surface area contributed by atoms with Gasteiger partial charge in [0.05, 0.1) is 11.7 Å². The fourth-order valence-electron chi connectivity index (χ4n) is 2.44. The minimum atomic E-state index is 0.373. The molecule has 0 bridgehead atoms. The molecule has 0 spiro atoms. The molecule has 1 aromatic rings. The first kappa shape index (κ1) is 9.71. The molecule has 2 atom stereocenters. The van der Waals surface area contributed by atoms with Crippen molar-refractivity contribution in [3.05, 3.63) is 17.5 Å². The second-order valence-electron chi connectivity index (χ2n) is 4.45. The van der Waals surface area contributed by atoms with Gasteiger partial charge in [-0.15, -0.1) is 0 Å². The second kappa shape index (κ2) is 3.73. The first-order valence-corrected chi connectivity index (χ1v) is 5.45. The number of hydrogen-bond donors (Lipinski definition) is 1. The fourth-order valence-corrected chi connectivity index (χ4v) is 2.44. The SMILES string of the molecule is Cc1cc(C)n(C2CCCC(N)C2)n1. The zero-order valence-corrected chi connectivity index (χ0v) is 9.03. The summed E-state index contributed by atoms with van der Waals surface area (Å²) in [7, 11) is 0. The van der Waals surface area contributed by atoms with Gasteiger partial charge in [-0.1, -0.05) is 0 Å². The summed E-state index contributed by atoms with van der Waals surface area (Å²) in [6.45, 7) is 4.17. The van der Waals surface area contributed by atoms with Gasteiger partial charge in [-0.25, -0.2) is 0 Å². The summed E-state index contributed by atoms with van der Waals surface area (Å²) < 4.78 is 2.16. The Kier molecular flexibility index (Phi) is 2.59. The number of aryl methyl sites for hydroxylation is 2. The molecule has 1 aliphatic rings. The van der Waals surface area contributed by atoms with Crippen LogP contribution in [0, 0.1) is 13.8 Å². The molecule has 2 N–H and O–H groups in total. The lowest BCUT2D eigenvalue weighted by Gasteiger charge is -2.27. The van der Waals surface area contributed by atoms with Crippen molar-refractivity contribution in [1.29, 1.82) is 0 Å². The van der Waals surface area contributed by atoms with Gasteiger partial charge < -0.3 is 5.73 Å². The molecule has 3 nitrogen and oxygen atoms in total. The van der Waals surface area contributed by atoms with Gasteiger partial charge in [0.15, 0.2) is 0 Å². The highest BCUT2D eigenvalue weighted by atomic mass is 15.3. The molecule has 1 fully saturated rings. The lowest BCUT2D eigenvalue weighted by Crippen LogP contribution is -2.30. The monoisotopic (exact) mass is 193 g/mol. The minimum absolute atomic E-state index is 0.373. The summed E-state index contributed by atoms with van der Waals surface area (Å²) in [4.78, 5) is 0. The molecule has 0 aliphatic heterocycles. The maximum atomic E-state index is 5.98. The zero-order valence-electron chi connectivity index (χ0n) is 9.03. The Morgan fingerprint density at radius 1 is 1.43 bits per heavy atom. The molecule has 1 saturated carbocycles. The Morgan fingerprint density at radius 3 is 2.79 bits per heavy atom. The van der Waals surface area contributed by atoms with Crippen LogP contribution in [0.5, 0.6) is 0 Å². The summed E-state index contributed by atoms with van der Waals surface area (Å²) >= 11 is 0. The molecule has 1 heterocycles. The molecule has 78 valence electrons. The number of rotatable bonds is 1. The van der Waals surface area contributed by atoms with Gasteiger partial charge in [-0.3, -0.25) is 4.68 Å². The van der Waals surface area contributed by atoms with Crippen molar-refractivity contribution in [2.24, 2.45) is 5.73 Å². The maximum absolute atomic E-state index is 5.98. The van der Waals surface area contributed by atoms with Crippen molar-refractivity contribution < 1.29 is 0 Å². The van der Waals surface area contributed by atoms with E-state index in [0.29, 0.717) is 12.1 Å². The van der Waals surface area contributed by atoms with Crippen molar-refractivity contribution in [1.82, 2.24) is 9.78 Å². The first-order chi connectivity index (χ1) is 6.66.